The third kappa shape index (κ3) is 5.01. The van der Waals surface area contributed by atoms with Gasteiger partial charge in [-0.2, -0.15) is 0 Å². The first-order valence-electron chi connectivity index (χ1n) is 17.2. The molecule has 1 N–H and O–H groups in total. The molecule has 10 rings (SSSR count). The van der Waals surface area contributed by atoms with Crippen LogP contribution in [0.1, 0.15) is 18.2 Å². The van der Waals surface area contributed by atoms with Crippen LogP contribution in [0.2, 0.25) is 0 Å². The smallest absolute Gasteiger partial charge is 0.165 e. The van der Waals surface area contributed by atoms with Crippen LogP contribution < -0.4 is 0 Å². The van der Waals surface area contributed by atoms with E-state index < -0.39 is 0 Å². The highest BCUT2D eigenvalue weighted by atomic mass is 15.0. The van der Waals surface area contributed by atoms with Crippen LogP contribution >= 0.6 is 0 Å². The standard InChI is InChI=1S/C44H31N7/c1-27-13-17-40-36(21-27)37-24-29(28-14-16-39-35(23-28)34-11-2-3-12-38(34)47-39)15-18-41(37)51(40)33-10-4-7-30(22-33)42-48-43(31-8-5-19-45-25-31)50-44(49-42)32-9-6-20-46-26-32/h2-20,22-27,47H,21H2,1H3. The highest BCUT2D eigenvalue weighted by Gasteiger charge is 2.22. The molecular weight excluding hydrogens is 627 g/mol. The maximum absolute atomic E-state index is 4.96. The fraction of sp³-hybridized carbons (Fsp3) is 0.0682. The molecule has 5 heterocycles. The summed E-state index contributed by atoms with van der Waals surface area (Å²) in [5.41, 5.74) is 12.1. The third-order valence-electron chi connectivity index (χ3n) is 9.90. The van der Waals surface area contributed by atoms with E-state index in [2.05, 4.69) is 124 Å². The minimum Gasteiger partial charge on any atom is -0.355 e. The Kier molecular flexibility index (Phi) is 6.70. The van der Waals surface area contributed by atoms with E-state index in [1.807, 2.05) is 24.3 Å². The van der Waals surface area contributed by atoms with Gasteiger partial charge in [0.25, 0.3) is 0 Å². The topological polar surface area (TPSA) is 85.2 Å². The molecule has 0 radical (unpaired) electrons. The average molecular weight is 658 g/mol. The van der Waals surface area contributed by atoms with Crippen LogP contribution in [-0.2, 0) is 6.42 Å². The lowest BCUT2D eigenvalue weighted by Gasteiger charge is -2.16. The molecule has 0 bridgehead atoms. The number of H-pyrrole nitrogens is 1. The summed E-state index contributed by atoms with van der Waals surface area (Å²) in [5, 5.41) is 3.77. The van der Waals surface area contributed by atoms with Crippen LogP contribution in [0.4, 0.5) is 0 Å². The highest BCUT2D eigenvalue weighted by Crippen LogP contribution is 2.39. The van der Waals surface area contributed by atoms with Gasteiger partial charge in [0, 0.05) is 80.1 Å². The van der Waals surface area contributed by atoms with Gasteiger partial charge in [0.05, 0.1) is 5.52 Å². The maximum Gasteiger partial charge on any atom is 0.165 e. The Morgan fingerprint density at radius 3 is 2.00 bits per heavy atom. The molecule has 0 spiro atoms. The zero-order chi connectivity index (χ0) is 33.9. The van der Waals surface area contributed by atoms with Crippen LogP contribution in [0.25, 0.3) is 89.8 Å². The monoisotopic (exact) mass is 657 g/mol. The number of fused-ring (bicyclic) bond motifs is 6. The number of allylic oxidation sites excluding steroid dienone is 1. The largest absolute Gasteiger partial charge is 0.355 e. The van der Waals surface area contributed by atoms with E-state index in [4.69, 9.17) is 15.0 Å². The van der Waals surface area contributed by atoms with E-state index in [1.165, 1.54) is 44.1 Å². The van der Waals surface area contributed by atoms with Gasteiger partial charge >= 0.3 is 0 Å². The SMILES string of the molecule is CC1C=Cc2c(c3cc(-c4ccc5[nH]c6ccccc6c5c4)ccc3n2-c2cccc(-c3nc(-c4cccnc4)nc(-c4cccnc4)n3)c2)C1. The number of aromatic amines is 1. The molecule has 0 fully saturated rings. The molecule has 5 aromatic heterocycles. The molecule has 0 amide bonds. The first-order valence-corrected chi connectivity index (χ1v) is 17.2. The molecule has 7 heteroatoms. The van der Waals surface area contributed by atoms with Gasteiger partial charge in [0.2, 0.25) is 0 Å². The summed E-state index contributed by atoms with van der Waals surface area (Å²) in [6.45, 7) is 2.29. The number of benzene rings is 4. The van der Waals surface area contributed by atoms with Gasteiger partial charge in [-0.1, -0.05) is 55.5 Å². The van der Waals surface area contributed by atoms with Crippen molar-refractivity contribution in [3.63, 3.8) is 0 Å². The van der Waals surface area contributed by atoms with Crippen molar-refractivity contribution in [2.75, 3.05) is 0 Å². The van der Waals surface area contributed by atoms with Crippen molar-refractivity contribution in [1.29, 1.82) is 0 Å². The summed E-state index contributed by atoms with van der Waals surface area (Å²) in [6, 6.07) is 38.4. The summed E-state index contributed by atoms with van der Waals surface area (Å²) >= 11 is 0. The summed E-state index contributed by atoms with van der Waals surface area (Å²) < 4.78 is 2.38. The molecule has 4 aromatic carbocycles. The number of hydrogen-bond acceptors (Lipinski definition) is 5. The Morgan fingerprint density at radius 2 is 1.25 bits per heavy atom. The van der Waals surface area contributed by atoms with E-state index in [-0.39, 0.29) is 0 Å². The maximum atomic E-state index is 4.96. The molecule has 1 aliphatic rings. The van der Waals surface area contributed by atoms with E-state index in [0.717, 1.165) is 39.8 Å². The summed E-state index contributed by atoms with van der Waals surface area (Å²) in [5.74, 6) is 2.18. The molecule has 51 heavy (non-hydrogen) atoms. The second kappa shape index (κ2) is 11.7. The lowest BCUT2D eigenvalue weighted by atomic mass is 9.92. The Balaban J connectivity index is 1.12. The van der Waals surface area contributed by atoms with Gasteiger partial charge in [0.15, 0.2) is 17.5 Å². The van der Waals surface area contributed by atoms with Crippen molar-refractivity contribution >= 4 is 38.8 Å². The van der Waals surface area contributed by atoms with Gasteiger partial charge in [-0.25, -0.2) is 15.0 Å². The number of rotatable bonds is 5. The number of hydrogen-bond donors (Lipinski definition) is 1. The van der Waals surface area contributed by atoms with Crippen LogP contribution in [-0.4, -0.2) is 34.5 Å². The van der Waals surface area contributed by atoms with Gasteiger partial charge in [0.1, 0.15) is 0 Å². The first kappa shape index (κ1) is 29.2. The lowest BCUT2D eigenvalue weighted by Crippen LogP contribution is -2.05. The van der Waals surface area contributed by atoms with Gasteiger partial charge in [-0.3, -0.25) is 9.97 Å². The van der Waals surface area contributed by atoms with Gasteiger partial charge < -0.3 is 9.55 Å². The highest BCUT2D eigenvalue weighted by molar-refractivity contribution is 6.08. The van der Waals surface area contributed by atoms with Crippen LogP contribution in [0.3, 0.4) is 0 Å². The Labute approximate surface area is 294 Å². The van der Waals surface area contributed by atoms with Crippen molar-refractivity contribution in [3.05, 3.63) is 151 Å². The van der Waals surface area contributed by atoms with Gasteiger partial charge in [-0.05, 0) is 102 Å². The fourth-order valence-corrected chi connectivity index (χ4v) is 7.43. The van der Waals surface area contributed by atoms with Crippen LogP contribution in [0.15, 0.2) is 140 Å². The molecule has 7 nitrogen and oxygen atoms in total. The third-order valence-corrected chi connectivity index (χ3v) is 9.90. The Bertz CT molecular complexity index is 2740. The number of nitrogens with one attached hydrogen (secondary N) is 1. The molecule has 0 aliphatic heterocycles. The molecule has 242 valence electrons. The van der Waals surface area contributed by atoms with Crippen molar-refractivity contribution in [1.82, 2.24) is 34.5 Å². The minimum atomic E-state index is 0.455. The zero-order valence-electron chi connectivity index (χ0n) is 27.8. The molecule has 0 saturated carbocycles. The lowest BCUT2D eigenvalue weighted by molar-refractivity contribution is 0.718. The van der Waals surface area contributed by atoms with Crippen LogP contribution in [0, 0.1) is 5.92 Å². The molecular formula is C44H31N7. The normalized spacial score (nSPS) is 14.0. The van der Waals surface area contributed by atoms with Crippen LogP contribution in [0.5, 0.6) is 0 Å². The van der Waals surface area contributed by atoms with Crippen molar-refractivity contribution in [2.45, 2.75) is 13.3 Å². The van der Waals surface area contributed by atoms with E-state index in [9.17, 15) is 0 Å². The quantitative estimate of drug-likeness (QED) is 0.199. The second-order valence-corrected chi connectivity index (χ2v) is 13.2. The molecule has 1 atom stereocenters. The number of aromatic nitrogens is 7. The molecule has 1 unspecified atom stereocenters. The number of para-hydroxylation sites is 1. The summed E-state index contributed by atoms with van der Waals surface area (Å²) in [6.07, 6.45) is 12.6. The summed E-state index contributed by atoms with van der Waals surface area (Å²) in [7, 11) is 0. The zero-order valence-corrected chi connectivity index (χ0v) is 27.8. The Hall–Kier alpha value is -6.73. The Morgan fingerprint density at radius 1 is 0.588 bits per heavy atom. The fourth-order valence-electron chi connectivity index (χ4n) is 7.43. The molecule has 1 aliphatic carbocycles. The van der Waals surface area contributed by atoms with E-state index >= 15 is 0 Å². The number of nitrogens with zero attached hydrogens (tertiary/aromatic N) is 6. The average Bonchev–Trinajstić information content (AvgIpc) is 3.73. The predicted octanol–water partition coefficient (Wildman–Crippen LogP) is 10.1. The summed E-state index contributed by atoms with van der Waals surface area (Å²) in [4.78, 5) is 26.9. The predicted molar refractivity (Wildman–Crippen MR) is 205 cm³/mol. The minimum absolute atomic E-state index is 0.455. The molecule has 0 saturated heterocycles. The van der Waals surface area contributed by atoms with E-state index in [1.54, 1.807) is 24.8 Å². The van der Waals surface area contributed by atoms with Gasteiger partial charge in [-0.15, -0.1) is 0 Å². The molecule has 9 aromatic rings. The number of pyridine rings is 2. The first-order chi connectivity index (χ1) is 25.2. The second-order valence-electron chi connectivity index (χ2n) is 13.2. The van der Waals surface area contributed by atoms with Crippen molar-refractivity contribution < 1.29 is 0 Å². The van der Waals surface area contributed by atoms with E-state index in [0.29, 0.717) is 23.4 Å². The van der Waals surface area contributed by atoms with Crippen molar-refractivity contribution in [2.24, 2.45) is 5.92 Å². The van der Waals surface area contributed by atoms with Crippen molar-refractivity contribution in [3.8, 4) is 51.0 Å².